The Balaban J connectivity index is 1.78. The zero-order chi connectivity index (χ0) is 25.6. The first-order valence-corrected chi connectivity index (χ1v) is 12.1. The van der Waals surface area contributed by atoms with Gasteiger partial charge in [-0.3, -0.25) is 14.5 Å². The molecule has 1 aliphatic heterocycles. The number of carbonyl (C=O) groups is 2. The van der Waals surface area contributed by atoms with Crippen LogP contribution in [0.5, 0.6) is 11.5 Å². The number of anilines is 1. The molecule has 1 N–H and O–H groups in total. The lowest BCUT2D eigenvalue weighted by molar-refractivity contribution is -0.132. The molecule has 36 heavy (non-hydrogen) atoms. The summed E-state index contributed by atoms with van der Waals surface area (Å²) in [5.74, 6) is -0.860. The number of carbonyl (C=O) groups excluding carboxylic acids is 2. The summed E-state index contributed by atoms with van der Waals surface area (Å²) in [6, 6.07) is 17.1. The third-order valence-electron chi connectivity index (χ3n) is 6.24. The second-order valence-electron chi connectivity index (χ2n) is 8.61. The number of fused-ring (bicyclic) bond motifs is 1. The van der Waals surface area contributed by atoms with Crippen LogP contribution in [0.4, 0.5) is 5.13 Å². The van der Waals surface area contributed by atoms with E-state index in [-0.39, 0.29) is 11.3 Å². The topological polar surface area (TPSA) is 89.0 Å². The number of aliphatic hydroxyl groups is 1. The van der Waals surface area contributed by atoms with Gasteiger partial charge in [-0.15, -0.1) is 0 Å². The lowest BCUT2D eigenvalue weighted by Gasteiger charge is -2.25. The smallest absolute Gasteiger partial charge is 0.301 e. The number of amides is 1. The fourth-order valence-corrected chi connectivity index (χ4v) is 5.46. The van der Waals surface area contributed by atoms with E-state index in [4.69, 9.17) is 9.47 Å². The predicted molar refractivity (Wildman–Crippen MR) is 140 cm³/mol. The molecule has 1 atom stereocenters. The molecule has 5 rings (SSSR count). The predicted octanol–water partition coefficient (Wildman–Crippen LogP) is 5.56. The van der Waals surface area contributed by atoms with Crippen molar-refractivity contribution in [3.63, 3.8) is 0 Å². The number of ketones is 1. The van der Waals surface area contributed by atoms with E-state index in [2.05, 4.69) is 4.98 Å². The SMILES string of the molecule is COc1ccc(OC)c([C@H]2/C(=C(\O)c3ccc(C)cc3)C(=O)C(=O)N2c2nc3ccc(C)cc3s2)c1. The van der Waals surface area contributed by atoms with E-state index in [0.29, 0.717) is 27.8 Å². The van der Waals surface area contributed by atoms with E-state index in [9.17, 15) is 14.7 Å². The first kappa shape index (κ1) is 23.6. The second-order valence-corrected chi connectivity index (χ2v) is 9.62. The summed E-state index contributed by atoms with van der Waals surface area (Å²) < 4.78 is 11.9. The monoisotopic (exact) mass is 500 g/mol. The van der Waals surface area contributed by atoms with Crippen LogP contribution in [0.1, 0.15) is 28.3 Å². The highest BCUT2D eigenvalue weighted by molar-refractivity contribution is 7.22. The summed E-state index contributed by atoms with van der Waals surface area (Å²) in [6.07, 6.45) is 0. The number of aromatic nitrogens is 1. The Morgan fingerprint density at radius 2 is 1.67 bits per heavy atom. The summed E-state index contributed by atoms with van der Waals surface area (Å²) in [7, 11) is 3.04. The molecule has 0 spiro atoms. The van der Waals surface area contributed by atoms with Crippen LogP contribution in [0.25, 0.3) is 16.0 Å². The molecule has 8 heteroatoms. The summed E-state index contributed by atoms with van der Waals surface area (Å²) in [5.41, 5.74) is 3.68. The van der Waals surface area contributed by atoms with E-state index in [1.807, 2.05) is 44.2 Å². The molecule has 1 aliphatic rings. The standard InChI is InChI=1S/C28H24N2O5S/c1-15-5-8-17(9-6-15)25(31)23-24(19-14-18(34-3)10-12-21(19)35-4)30(27(33)26(23)32)28-29-20-11-7-16(2)13-22(20)36-28/h5-14,24,31H,1-4H3/b25-23+/t24-/m0/s1. The van der Waals surface area contributed by atoms with Crippen molar-refractivity contribution in [2.24, 2.45) is 0 Å². The van der Waals surface area contributed by atoms with Crippen LogP contribution in [0.15, 0.2) is 66.2 Å². The molecule has 182 valence electrons. The van der Waals surface area contributed by atoms with Crippen LogP contribution in [0, 0.1) is 13.8 Å². The van der Waals surface area contributed by atoms with Gasteiger partial charge >= 0.3 is 5.91 Å². The maximum atomic E-state index is 13.5. The number of thiazole rings is 1. The fraction of sp³-hybridized carbons (Fsp3) is 0.179. The van der Waals surface area contributed by atoms with Crippen molar-refractivity contribution in [2.45, 2.75) is 19.9 Å². The van der Waals surface area contributed by atoms with Crippen LogP contribution in [-0.4, -0.2) is 36.0 Å². The highest BCUT2D eigenvalue weighted by Crippen LogP contribution is 2.47. The number of rotatable bonds is 5. The number of ether oxygens (including phenoxy) is 2. The minimum atomic E-state index is -0.974. The Kier molecular flexibility index (Phi) is 5.97. The average Bonchev–Trinajstić information content (AvgIpc) is 3.41. The first-order chi connectivity index (χ1) is 17.3. The van der Waals surface area contributed by atoms with Crippen molar-refractivity contribution in [3.8, 4) is 11.5 Å². The zero-order valence-electron chi connectivity index (χ0n) is 20.2. The molecule has 1 amide bonds. The molecule has 3 aromatic carbocycles. The molecule has 0 bridgehead atoms. The van der Waals surface area contributed by atoms with Gasteiger partial charge in [-0.05, 0) is 49.7 Å². The normalized spacial score (nSPS) is 17.1. The largest absolute Gasteiger partial charge is 0.507 e. The Morgan fingerprint density at radius 1 is 0.944 bits per heavy atom. The van der Waals surface area contributed by atoms with Gasteiger partial charge in [0.25, 0.3) is 5.78 Å². The molecule has 0 saturated carbocycles. The van der Waals surface area contributed by atoms with E-state index in [1.54, 1.807) is 30.3 Å². The van der Waals surface area contributed by atoms with Gasteiger partial charge < -0.3 is 14.6 Å². The molecular formula is C28H24N2O5S. The number of benzene rings is 3. The molecule has 0 aliphatic carbocycles. The number of aryl methyl sites for hydroxylation is 2. The van der Waals surface area contributed by atoms with Gasteiger partial charge in [0.1, 0.15) is 23.3 Å². The number of methoxy groups -OCH3 is 2. The molecule has 1 fully saturated rings. The number of hydrogen-bond acceptors (Lipinski definition) is 7. The number of aliphatic hydroxyl groups excluding tert-OH is 1. The molecule has 1 saturated heterocycles. The molecule has 7 nitrogen and oxygen atoms in total. The van der Waals surface area contributed by atoms with Crippen molar-refractivity contribution in [3.05, 3.63) is 88.5 Å². The van der Waals surface area contributed by atoms with Gasteiger partial charge in [0.15, 0.2) is 5.13 Å². The van der Waals surface area contributed by atoms with E-state index >= 15 is 0 Å². The Bertz CT molecular complexity index is 1540. The lowest BCUT2D eigenvalue weighted by atomic mass is 9.94. The van der Waals surface area contributed by atoms with Gasteiger partial charge in [-0.25, -0.2) is 4.98 Å². The summed E-state index contributed by atoms with van der Waals surface area (Å²) >= 11 is 1.31. The van der Waals surface area contributed by atoms with E-state index < -0.39 is 17.7 Å². The highest BCUT2D eigenvalue weighted by atomic mass is 32.1. The minimum Gasteiger partial charge on any atom is -0.507 e. The van der Waals surface area contributed by atoms with Gasteiger partial charge in [-0.2, -0.15) is 0 Å². The Labute approximate surface area is 212 Å². The number of Topliss-reactive ketones (excluding diaryl/α,β-unsaturated/α-hetero) is 1. The van der Waals surface area contributed by atoms with E-state index in [1.165, 1.54) is 30.5 Å². The third kappa shape index (κ3) is 3.89. The van der Waals surface area contributed by atoms with Gasteiger partial charge in [0.05, 0.1) is 30.0 Å². The van der Waals surface area contributed by atoms with Crippen LogP contribution < -0.4 is 14.4 Å². The van der Waals surface area contributed by atoms with E-state index in [0.717, 1.165) is 21.3 Å². The van der Waals surface area contributed by atoms with Gasteiger partial charge in [0.2, 0.25) is 0 Å². The maximum Gasteiger partial charge on any atom is 0.301 e. The van der Waals surface area contributed by atoms with Crippen LogP contribution in [0.3, 0.4) is 0 Å². The maximum absolute atomic E-state index is 13.5. The second kappa shape index (κ2) is 9.13. The van der Waals surface area contributed by atoms with Crippen molar-refractivity contribution in [2.75, 3.05) is 19.1 Å². The van der Waals surface area contributed by atoms with Crippen molar-refractivity contribution in [1.82, 2.24) is 4.98 Å². The number of hydrogen-bond donors (Lipinski definition) is 1. The van der Waals surface area contributed by atoms with Crippen molar-refractivity contribution < 1.29 is 24.2 Å². The van der Waals surface area contributed by atoms with Crippen LogP contribution in [-0.2, 0) is 9.59 Å². The van der Waals surface area contributed by atoms with Crippen molar-refractivity contribution >= 4 is 44.1 Å². The van der Waals surface area contributed by atoms with Crippen LogP contribution in [0.2, 0.25) is 0 Å². The average molecular weight is 501 g/mol. The van der Waals surface area contributed by atoms with Gasteiger partial charge in [0, 0.05) is 11.1 Å². The fourth-order valence-electron chi connectivity index (χ4n) is 4.37. The van der Waals surface area contributed by atoms with Crippen molar-refractivity contribution in [1.29, 1.82) is 0 Å². The molecule has 1 aromatic heterocycles. The highest BCUT2D eigenvalue weighted by Gasteiger charge is 2.49. The molecule has 2 heterocycles. The zero-order valence-corrected chi connectivity index (χ0v) is 21.1. The Morgan fingerprint density at radius 3 is 2.36 bits per heavy atom. The third-order valence-corrected chi connectivity index (χ3v) is 7.26. The molecular weight excluding hydrogens is 476 g/mol. The molecule has 0 radical (unpaired) electrons. The first-order valence-electron chi connectivity index (χ1n) is 11.3. The van der Waals surface area contributed by atoms with Crippen LogP contribution >= 0.6 is 11.3 Å². The van der Waals surface area contributed by atoms with Gasteiger partial charge in [-0.1, -0.05) is 47.2 Å². The summed E-state index contributed by atoms with van der Waals surface area (Å²) in [4.78, 5) is 33.0. The molecule has 0 unspecified atom stereocenters. The summed E-state index contributed by atoms with van der Waals surface area (Å²) in [6.45, 7) is 3.91. The summed E-state index contributed by atoms with van der Waals surface area (Å²) in [5, 5.41) is 11.7. The number of nitrogens with zero attached hydrogens (tertiary/aromatic N) is 2. The minimum absolute atomic E-state index is 0.0363. The Hall–Kier alpha value is -4.17. The quantitative estimate of drug-likeness (QED) is 0.219. The molecule has 4 aromatic rings. The lowest BCUT2D eigenvalue weighted by Crippen LogP contribution is -2.29.